The average Bonchev–Trinajstić information content (AvgIpc) is 2.65. The summed E-state index contributed by atoms with van der Waals surface area (Å²) in [7, 11) is 0. The SMILES string of the molecule is Cc1[nH]c(-c2ccccc2C(N)=O)c(C(=O)O)c1Br. The number of H-pyrrole nitrogens is 1. The van der Waals surface area contributed by atoms with Crippen molar-refractivity contribution in [3.05, 3.63) is 45.6 Å². The zero-order valence-electron chi connectivity index (χ0n) is 10.0. The molecule has 1 aromatic carbocycles. The second kappa shape index (κ2) is 4.89. The van der Waals surface area contributed by atoms with Crippen LogP contribution in [0.5, 0.6) is 0 Å². The Kier molecular flexibility index (Phi) is 3.44. The summed E-state index contributed by atoms with van der Waals surface area (Å²) in [5, 5.41) is 9.28. The first kappa shape index (κ1) is 13.4. The molecule has 0 atom stereocenters. The van der Waals surface area contributed by atoms with E-state index in [1.165, 1.54) is 0 Å². The highest BCUT2D eigenvalue weighted by atomic mass is 79.9. The predicted octanol–water partition coefficient (Wildman–Crippen LogP) is 2.55. The highest BCUT2D eigenvalue weighted by molar-refractivity contribution is 9.10. The van der Waals surface area contributed by atoms with Gasteiger partial charge in [-0.15, -0.1) is 0 Å². The van der Waals surface area contributed by atoms with E-state index in [0.29, 0.717) is 21.4 Å². The lowest BCUT2D eigenvalue weighted by Crippen LogP contribution is -2.13. The van der Waals surface area contributed by atoms with Gasteiger partial charge in [0, 0.05) is 16.8 Å². The lowest BCUT2D eigenvalue weighted by Gasteiger charge is -2.06. The fourth-order valence-corrected chi connectivity index (χ4v) is 2.39. The Morgan fingerprint density at radius 2 is 1.95 bits per heavy atom. The Balaban J connectivity index is 2.76. The molecule has 19 heavy (non-hydrogen) atoms. The normalized spacial score (nSPS) is 10.4. The lowest BCUT2D eigenvalue weighted by atomic mass is 10.0. The first-order valence-corrected chi connectivity index (χ1v) is 6.23. The summed E-state index contributed by atoms with van der Waals surface area (Å²) in [6.45, 7) is 1.74. The third kappa shape index (κ3) is 2.26. The molecule has 0 saturated heterocycles. The van der Waals surface area contributed by atoms with Gasteiger partial charge in [0.05, 0.1) is 15.7 Å². The number of aromatic nitrogens is 1. The topological polar surface area (TPSA) is 96.2 Å². The van der Waals surface area contributed by atoms with E-state index in [1.807, 2.05) is 0 Å². The van der Waals surface area contributed by atoms with Gasteiger partial charge in [-0.25, -0.2) is 4.79 Å². The summed E-state index contributed by atoms with van der Waals surface area (Å²) >= 11 is 3.23. The molecule has 1 heterocycles. The maximum absolute atomic E-state index is 11.4. The number of carbonyl (C=O) groups excluding carboxylic acids is 1. The van der Waals surface area contributed by atoms with Crippen molar-refractivity contribution in [1.82, 2.24) is 4.98 Å². The smallest absolute Gasteiger partial charge is 0.339 e. The predicted molar refractivity (Wildman–Crippen MR) is 74.1 cm³/mol. The summed E-state index contributed by atoms with van der Waals surface area (Å²) in [5.74, 6) is -1.68. The first-order valence-electron chi connectivity index (χ1n) is 5.44. The van der Waals surface area contributed by atoms with Gasteiger partial charge in [0.15, 0.2) is 0 Å². The Labute approximate surface area is 117 Å². The van der Waals surface area contributed by atoms with Crippen LogP contribution in [0.15, 0.2) is 28.7 Å². The van der Waals surface area contributed by atoms with Crippen molar-refractivity contribution in [3.8, 4) is 11.3 Å². The third-order valence-corrected chi connectivity index (χ3v) is 3.78. The molecule has 0 unspecified atom stereocenters. The molecule has 0 radical (unpaired) electrons. The molecule has 0 spiro atoms. The summed E-state index contributed by atoms with van der Waals surface area (Å²) < 4.78 is 0.467. The maximum Gasteiger partial charge on any atom is 0.339 e. The number of aryl methyl sites for hydroxylation is 1. The number of hydrogen-bond acceptors (Lipinski definition) is 2. The number of hydrogen-bond donors (Lipinski definition) is 3. The number of nitrogens with two attached hydrogens (primary N) is 1. The molecule has 1 aromatic heterocycles. The molecular formula is C13H11BrN2O3. The summed E-state index contributed by atoms with van der Waals surface area (Å²) in [6, 6.07) is 6.62. The van der Waals surface area contributed by atoms with E-state index in [2.05, 4.69) is 20.9 Å². The van der Waals surface area contributed by atoms with E-state index < -0.39 is 11.9 Å². The second-order valence-corrected chi connectivity index (χ2v) is 4.82. The monoisotopic (exact) mass is 322 g/mol. The molecule has 2 rings (SSSR count). The number of nitrogens with one attached hydrogen (secondary N) is 1. The number of amides is 1. The van der Waals surface area contributed by atoms with E-state index in [1.54, 1.807) is 31.2 Å². The molecule has 0 bridgehead atoms. The Bertz CT molecular complexity index is 677. The largest absolute Gasteiger partial charge is 0.478 e. The summed E-state index contributed by atoms with van der Waals surface area (Å²) in [5.41, 5.74) is 7.19. The summed E-state index contributed by atoms with van der Waals surface area (Å²) in [4.78, 5) is 25.7. The molecule has 6 heteroatoms. The molecule has 1 amide bonds. The van der Waals surface area contributed by atoms with Gasteiger partial charge in [-0.2, -0.15) is 0 Å². The van der Waals surface area contributed by atoms with Crippen LogP contribution in [0.2, 0.25) is 0 Å². The van der Waals surface area contributed by atoms with Crippen LogP contribution in [0, 0.1) is 6.92 Å². The van der Waals surface area contributed by atoms with Crippen LogP contribution < -0.4 is 5.73 Å². The van der Waals surface area contributed by atoms with E-state index in [-0.39, 0.29) is 11.1 Å². The molecule has 0 aliphatic carbocycles. The second-order valence-electron chi connectivity index (χ2n) is 4.03. The highest BCUT2D eigenvalue weighted by Crippen LogP contribution is 2.33. The van der Waals surface area contributed by atoms with Crippen molar-refractivity contribution in [2.45, 2.75) is 6.92 Å². The number of primary amides is 1. The van der Waals surface area contributed by atoms with Gasteiger partial charge in [-0.1, -0.05) is 18.2 Å². The first-order chi connectivity index (χ1) is 8.93. The molecule has 0 fully saturated rings. The summed E-state index contributed by atoms with van der Waals surface area (Å²) in [6.07, 6.45) is 0. The molecule has 0 aliphatic heterocycles. The fraction of sp³-hybridized carbons (Fsp3) is 0.0769. The molecule has 5 nitrogen and oxygen atoms in total. The van der Waals surface area contributed by atoms with Crippen LogP contribution in [0.3, 0.4) is 0 Å². The molecule has 4 N–H and O–H groups in total. The number of carbonyl (C=O) groups is 2. The lowest BCUT2D eigenvalue weighted by molar-refractivity contribution is 0.0696. The van der Waals surface area contributed by atoms with Crippen LogP contribution in [-0.2, 0) is 0 Å². The van der Waals surface area contributed by atoms with Gasteiger partial charge in [-0.05, 0) is 28.9 Å². The molecule has 98 valence electrons. The van der Waals surface area contributed by atoms with Crippen molar-refractivity contribution in [3.63, 3.8) is 0 Å². The number of carboxylic acids is 1. The van der Waals surface area contributed by atoms with Gasteiger partial charge in [0.2, 0.25) is 5.91 Å². The van der Waals surface area contributed by atoms with E-state index in [4.69, 9.17) is 5.73 Å². The standard InChI is InChI=1S/C13H11BrN2O3/c1-6-10(14)9(13(18)19)11(16-6)7-4-2-3-5-8(7)12(15)17/h2-5,16H,1H3,(H2,15,17)(H,18,19). The molecule has 2 aromatic rings. The number of halogens is 1. The number of aromatic carboxylic acids is 1. The number of carboxylic acid groups (broad SMARTS) is 1. The van der Waals surface area contributed by atoms with Crippen LogP contribution in [0.1, 0.15) is 26.4 Å². The Morgan fingerprint density at radius 1 is 1.32 bits per heavy atom. The van der Waals surface area contributed by atoms with Crippen LogP contribution in [0.25, 0.3) is 11.3 Å². The van der Waals surface area contributed by atoms with Crippen LogP contribution in [0.4, 0.5) is 0 Å². The zero-order valence-corrected chi connectivity index (χ0v) is 11.6. The molecule has 0 saturated carbocycles. The van der Waals surface area contributed by atoms with Gasteiger partial charge >= 0.3 is 5.97 Å². The maximum atomic E-state index is 11.4. The fourth-order valence-electron chi connectivity index (χ4n) is 1.92. The Morgan fingerprint density at radius 3 is 2.53 bits per heavy atom. The van der Waals surface area contributed by atoms with Crippen LogP contribution >= 0.6 is 15.9 Å². The van der Waals surface area contributed by atoms with Gasteiger partial charge in [0.25, 0.3) is 0 Å². The van der Waals surface area contributed by atoms with Crippen molar-refractivity contribution < 1.29 is 14.7 Å². The van der Waals surface area contributed by atoms with Crippen molar-refractivity contribution >= 4 is 27.8 Å². The molecular weight excluding hydrogens is 312 g/mol. The minimum atomic E-state index is -1.08. The van der Waals surface area contributed by atoms with Crippen LogP contribution in [-0.4, -0.2) is 22.0 Å². The average molecular weight is 323 g/mol. The Hall–Kier alpha value is -2.08. The van der Waals surface area contributed by atoms with Crippen molar-refractivity contribution in [2.24, 2.45) is 5.73 Å². The van der Waals surface area contributed by atoms with Gasteiger partial charge in [-0.3, -0.25) is 4.79 Å². The van der Waals surface area contributed by atoms with E-state index in [9.17, 15) is 14.7 Å². The third-order valence-electron chi connectivity index (χ3n) is 2.79. The number of aromatic amines is 1. The van der Waals surface area contributed by atoms with Crippen molar-refractivity contribution in [1.29, 1.82) is 0 Å². The number of rotatable bonds is 3. The zero-order chi connectivity index (χ0) is 14.2. The quantitative estimate of drug-likeness (QED) is 0.810. The van der Waals surface area contributed by atoms with E-state index >= 15 is 0 Å². The highest BCUT2D eigenvalue weighted by Gasteiger charge is 2.22. The molecule has 0 aliphatic rings. The van der Waals surface area contributed by atoms with Crippen molar-refractivity contribution in [2.75, 3.05) is 0 Å². The minimum Gasteiger partial charge on any atom is -0.478 e. The van der Waals surface area contributed by atoms with Gasteiger partial charge in [0.1, 0.15) is 0 Å². The van der Waals surface area contributed by atoms with E-state index in [0.717, 1.165) is 0 Å². The number of benzene rings is 1. The minimum absolute atomic E-state index is 0.0891. The van der Waals surface area contributed by atoms with Gasteiger partial charge < -0.3 is 15.8 Å².